The van der Waals surface area contributed by atoms with Crippen molar-refractivity contribution in [3.05, 3.63) is 35.5 Å². The van der Waals surface area contributed by atoms with Crippen molar-refractivity contribution in [1.29, 1.82) is 0 Å². The first-order valence-electron chi connectivity index (χ1n) is 6.15. The van der Waals surface area contributed by atoms with Crippen molar-refractivity contribution in [2.24, 2.45) is 0 Å². The van der Waals surface area contributed by atoms with E-state index in [1.807, 2.05) is 0 Å². The van der Waals surface area contributed by atoms with Gasteiger partial charge in [-0.25, -0.2) is 4.39 Å². The molecule has 100 valence electrons. The minimum absolute atomic E-state index is 0.0923. The van der Waals surface area contributed by atoms with Crippen molar-refractivity contribution in [1.82, 2.24) is 15.5 Å². The second-order valence-electron chi connectivity index (χ2n) is 4.50. The summed E-state index contributed by atoms with van der Waals surface area (Å²) < 4.78 is 24.0. The van der Waals surface area contributed by atoms with Gasteiger partial charge in [0.15, 0.2) is 0 Å². The molecule has 2 heterocycles. The quantitative estimate of drug-likeness (QED) is 0.896. The fraction of sp³-hybridized carbons (Fsp3) is 0.385. The van der Waals surface area contributed by atoms with Crippen LogP contribution in [0.1, 0.15) is 17.5 Å². The van der Waals surface area contributed by atoms with Crippen molar-refractivity contribution in [3.63, 3.8) is 0 Å². The summed E-state index contributed by atoms with van der Waals surface area (Å²) in [5.41, 5.74) is 1.20. The summed E-state index contributed by atoms with van der Waals surface area (Å²) in [7, 11) is 0. The highest BCUT2D eigenvalue weighted by Gasteiger charge is 2.22. The number of aryl methyl sites for hydroxylation is 1. The van der Waals surface area contributed by atoms with Gasteiger partial charge in [0.05, 0.1) is 13.2 Å². The molecule has 1 aromatic heterocycles. The van der Waals surface area contributed by atoms with Crippen molar-refractivity contribution in [3.8, 4) is 11.4 Å². The Morgan fingerprint density at radius 2 is 2.32 bits per heavy atom. The number of nitrogens with one attached hydrogen (secondary N) is 1. The minimum atomic E-state index is -0.275. The van der Waals surface area contributed by atoms with Crippen LogP contribution in [0.4, 0.5) is 4.39 Å². The lowest BCUT2D eigenvalue weighted by Gasteiger charge is -2.20. The third-order valence-electron chi connectivity index (χ3n) is 3.09. The SMILES string of the molecule is Cc1ccc(-c2noc(C3COCCN3)n2)cc1F. The number of nitrogens with zero attached hydrogens (tertiary/aromatic N) is 2. The molecule has 0 radical (unpaired) electrons. The molecule has 0 saturated carbocycles. The number of ether oxygens (including phenoxy) is 1. The Hall–Kier alpha value is -1.79. The zero-order valence-electron chi connectivity index (χ0n) is 10.5. The molecule has 0 amide bonds. The van der Waals surface area contributed by atoms with Crippen LogP contribution in [0.2, 0.25) is 0 Å². The van der Waals surface area contributed by atoms with Gasteiger partial charge >= 0.3 is 0 Å². The Bertz CT molecular complexity index is 579. The lowest BCUT2D eigenvalue weighted by molar-refractivity contribution is 0.0659. The fourth-order valence-electron chi connectivity index (χ4n) is 1.95. The average molecular weight is 263 g/mol. The molecule has 6 heteroatoms. The molecule has 19 heavy (non-hydrogen) atoms. The maximum absolute atomic E-state index is 13.5. The molecule has 1 fully saturated rings. The normalized spacial score (nSPS) is 19.6. The fourth-order valence-corrected chi connectivity index (χ4v) is 1.95. The van der Waals surface area contributed by atoms with E-state index in [4.69, 9.17) is 9.26 Å². The molecule has 0 aliphatic carbocycles. The number of hydrogen-bond acceptors (Lipinski definition) is 5. The molecule has 2 aromatic rings. The standard InChI is InChI=1S/C13H14FN3O2/c1-8-2-3-9(6-10(8)14)12-16-13(19-17-12)11-7-18-5-4-15-11/h2-3,6,11,15H,4-5,7H2,1H3. The van der Waals surface area contributed by atoms with Crippen molar-refractivity contribution < 1.29 is 13.7 Å². The largest absolute Gasteiger partial charge is 0.378 e. The minimum Gasteiger partial charge on any atom is -0.378 e. The highest BCUT2D eigenvalue weighted by molar-refractivity contribution is 5.54. The highest BCUT2D eigenvalue weighted by Crippen LogP contribution is 2.21. The van der Waals surface area contributed by atoms with Crippen LogP contribution in [-0.2, 0) is 4.74 Å². The molecule has 1 unspecified atom stereocenters. The van der Waals surface area contributed by atoms with Crippen LogP contribution in [0, 0.1) is 12.7 Å². The first-order valence-corrected chi connectivity index (χ1v) is 6.15. The predicted molar refractivity (Wildman–Crippen MR) is 66.0 cm³/mol. The van der Waals surface area contributed by atoms with E-state index in [0.717, 1.165) is 6.54 Å². The van der Waals surface area contributed by atoms with E-state index in [2.05, 4.69) is 15.5 Å². The van der Waals surface area contributed by atoms with E-state index in [9.17, 15) is 4.39 Å². The van der Waals surface area contributed by atoms with Crippen LogP contribution in [0.5, 0.6) is 0 Å². The molecular weight excluding hydrogens is 249 g/mol. The second-order valence-corrected chi connectivity index (χ2v) is 4.50. The van der Waals surface area contributed by atoms with Gasteiger partial charge in [-0.3, -0.25) is 0 Å². The summed E-state index contributed by atoms with van der Waals surface area (Å²) in [6.45, 7) is 3.65. The van der Waals surface area contributed by atoms with Crippen LogP contribution >= 0.6 is 0 Å². The van der Waals surface area contributed by atoms with Gasteiger partial charge in [-0.1, -0.05) is 17.3 Å². The molecule has 1 saturated heterocycles. The van der Waals surface area contributed by atoms with Gasteiger partial charge in [0, 0.05) is 12.1 Å². The third kappa shape index (κ3) is 2.50. The van der Waals surface area contributed by atoms with Crippen molar-refractivity contribution in [2.45, 2.75) is 13.0 Å². The summed E-state index contributed by atoms with van der Waals surface area (Å²) in [5, 5.41) is 7.11. The molecule has 5 nitrogen and oxygen atoms in total. The molecule has 1 aliphatic heterocycles. The molecule has 0 spiro atoms. The van der Waals surface area contributed by atoms with Crippen LogP contribution in [0.15, 0.2) is 22.7 Å². The smallest absolute Gasteiger partial charge is 0.246 e. The number of benzene rings is 1. The van der Waals surface area contributed by atoms with E-state index in [1.54, 1.807) is 19.1 Å². The maximum Gasteiger partial charge on any atom is 0.246 e. The third-order valence-corrected chi connectivity index (χ3v) is 3.09. The summed E-state index contributed by atoms with van der Waals surface area (Å²) in [5.74, 6) is 0.583. The molecule has 3 rings (SSSR count). The highest BCUT2D eigenvalue weighted by atomic mass is 19.1. The molecule has 1 N–H and O–H groups in total. The number of morpholine rings is 1. The van der Waals surface area contributed by atoms with Gasteiger partial charge in [0.1, 0.15) is 11.9 Å². The topological polar surface area (TPSA) is 60.2 Å². The van der Waals surface area contributed by atoms with Crippen LogP contribution in [-0.4, -0.2) is 29.9 Å². The van der Waals surface area contributed by atoms with Crippen LogP contribution < -0.4 is 5.32 Å². The monoisotopic (exact) mass is 263 g/mol. The van der Waals surface area contributed by atoms with Crippen molar-refractivity contribution >= 4 is 0 Å². The molecular formula is C13H14FN3O2. The summed E-state index contributed by atoms with van der Waals surface area (Å²) in [4.78, 5) is 4.29. The number of aromatic nitrogens is 2. The molecule has 0 bridgehead atoms. The number of halogens is 1. The lowest BCUT2D eigenvalue weighted by Crippen LogP contribution is -2.34. The van der Waals surface area contributed by atoms with Gasteiger partial charge in [-0.15, -0.1) is 0 Å². The Morgan fingerprint density at radius 3 is 3.05 bits per heavy atom. The van der Waals surface area contributed by atoms with Gasteiger partial charge < -0.3 is 14.6 Å². The van der Waals surface area contributed by atoms with Gasteiger partial charge in [0.25, 0.3) is 0 Å². The first kappa shape index (κ1) is 12.3. The van der Waals surface area contributed by atoms with E-state index in [1.165, 1.54) is 6.07 Å². The van der Waals surface area contributed by atoms with Crippen LogP contribution in [0.25, 0.3) is 11.4 Å². The van der Waals surface area contributed by atoms with Gasteiger partial charge in [0.2, 0.25) is 11.7 Å². The second kappa shape index (κ2) is 5.07. The van der Waals surface area contributed by atoms with Gasteiger partial charge in [-0.2, -0.15) is 4.98 Å². The van der Waals surface area contributed by atoms with Gasteiger partial charge in [-0.05, 0) is 18.6 Å². The van der Waals surface area contributed by atoms with E-state index >= 15 is 0 Å². The van der Waals surface area contributed by atoms with E-state index in [-0.39, 0.29) is 11.9 Å². The number of hydrogen-bond donors (Lipinski definition) is 1. The first-order chi connectivity index (χ1) is 9.24. The predicted octanol–water partition coefficient (Wildman–Crippen LogP) is 1.85. The van der Waals surface area contributed by atoms with E-state index < -0.39 is 0 Å². The Labute approximate surface area is 109 Å². The van der Waals surface area contributed by atoms with Crippen molar-refractivity contribution in [2.75, 3.05) is 19.8 Å². The Morgan fingerprint density at radius 1 is 1.42 bits per heavy atom. The lowest BCUT2D eigenvalue weighted by atomic mass is 10.1. The summed E-state index contributed by atoms with van der Waals surface area (Å²) >= 11 is 0. The zero-order chi connectivity index (χ0) is 13.2. The molecule has 1 aromatic carbocycles. The maximum atomic E-state index is 13.5. The number of rotatable bonds is 2. The zero-order valence-corrected chi connectivity index (χ0v) is 10.5. The van der Waals surface area contributed by atoms with Crippen LogP contribution in [0.3, 0.4) is 0 Å². The molecule has 1 atom stereocenters. The molecule has 1 aliphatic rings. The van der Waals surface area contributed by atoms with E-state index in [0.29, 0.717) is 36.1 Å². The Balaban J connectivity index is 1.85. The average Bonchev–Trinajstić information content (AvgIpc) is 2.93. The summed E-state index contributed by atoms with van der Waals surface area (Å²) in [6, 6.07) is 4.79. The Kier molecular flexibility index (Phi) is 3.27. The summed E-state index contributed by atoms with van der Waals surface area (Å²) in [6.07, 6.45) is 0.